The second-order valence-corrected chi connectivity index (χ2v) is 9.06. The fourth-order valence-corrected chi connectivity index (χ4v) is 4.39. The lowest BCUT2D eigenvalue weighted by molar-refractivity contribution is 0.177. The van der Waals surface area contributed by atoms with Gasteiger partial charge >= 0.3 is 0 Å². The van der Waals surface area contributed by atoms with Crippen LogP contribution in [0.15, 0.2) is 53.6 Å². The van der Waals surface area contributed by atoms with E-state index >= 15 is 0 Å². The van der Waals surface area contributed by atoms with Gasteiger partial charge in [0.15, 0.2) is 0 Å². The van der Waals surface area contributed by atoms with Gasteiger partial charge in [-0.2, -0.15) is 0 Å². The van der Waals surface area contributed by atoms with Gasteiger partial charge in [0, 0.05) is 17.6 Å². The number of ether oxygens (including phenoxy) is 2. The average Bonchev–Trinajstić information content (AvgIpc) is 3.09. The summed E-state index contributed by atoms with van der Waals surface area (Å²) in [5.74, 6) is 1.49. The zero-order valence-electron chi connectivity index (χ0n) is 16.8. The summed E-state index contributed by atoms with van der Waals surface area (Å²) in [6.07, 6.45) is 1.57. The Hall–Kier alpha value is -2.51. The molecule has 2 aromatic carbocycles. The van der Waals surface area contributed by atoms with Crippen LogP contribution in [0.2, 0.25) is 0 Å². The topological polar surface area (TPSA) is 60.8 Å². The molecule has 1 heterocycles. The normalized spacial score (nSPS) is 12.1. The molecule has 28 heavy (non-hydrogen) atoms. The van der Waals surface area contributed by atoms with Gasteiger partial charge < -0.3 is 9.47 Å². The molecule has 0 N–H and O–H groups in total. The number of rotatable bonds is 7. The number of aromatic nitrogens is 1. The molecular formula is C21H26N2O4S. The van der Waals surface area contributed by atoms with Crippen molar-refractivity contribution in [3.8, 4) is 11.5 Å². The largest absolute Gasteiger partial charge is 0.497 e. The molecule has 0 radical (unpaired) electrons. The fourth-order valence-electron chi connectivity index (χ4n) is 3.02. The van der Waals surface area contributed by atoms with Gasteiger partial charge in [-0.15, -0.1) is 0 Å². The zero-order valence-corrected chi connectivity index (χ0v) is 17.7. The molecule has 0 saturated carbocycles. The minimum absolute atomic E-state index is 0.193. The number of nitrogens with zero attached hydrogens (tertiary/aromatic N) is 2. The Balaban J connectivity index is 2.07. The lowest BCUT2D eigenvalue weighted by atomic mass is 10.0. The van der Waals surface area contributed by atoms with E-state index in [1.807, 2.05) is 31.1 Å². The van der Waals surface area contributed by atoms with Gasteiger partial charge in [0.2, 0.25) is 0 Å². The second kappa shape index (κ2) is 7.85. The Morgan fingerprint density at radius 3 is 2.46 bits per heavy atom. The number of benzene rings is 2. The first-order valence-electron chi connectivity index (χ1n) is 9.06. The first kappa shape index (κ1) is 20.2. The maximum atomic E-state index is 13.3. The third kappa shape index (κ3) is 3.86. The first-order chi connectivity index (χ1) is 13.2. The summed E-state index contributed by atoms with van der Waals surface area (Å²) in [6.45, 7) is 4.48. The highest BCUT2D eigenvalue weighted by Gasteiger charge is 2.21. The van der Waals surface area contributed by atoms with Gasteiger partial charge in [0.1, 0.15) is 18.2 Å². The summed E-state index contributed by atoms with van der Waals surface area (Å²) in [4.78, 5) is 2.08. The molecule has 0 saturated heterocycles. The smallest absolute Gasteiger partial charge is 0.268 e. The lowest BCUT2D eigenvalue weighted by Crippen LogP contribution is -2.19. The highest BCUT2D eigenvalue weighted by Crippen LogP contribution is 2.31. The van der Waals surface area contributed by atoms with Gasteiger partial charge in [-0.3, -0.25) is 4.90 Å². The van der Waals surface area contributed by atoms with Crippen LogP contribution in [0.3, 0.4) is 0 Å². The highest BCUT2D eigenvalue weighted by atomic mass is 32.2. The molecule has 0 aliphatic rings. The Labute approximate surface area is 166 Å². The summed E-state index contributed by atoms with van der Waals surface area (Å²) < 4.78 is 39.0. The minimum atomic E-state index is -3.76. The van der Waals surface area contributed by atoms with Crippen molar-refractivity contribution in [3.05, 3.63) is 54.2 Å². The van der Waals surface area contributed by atoms with Crippen LogP contribution in [0.4, 0.5) is 0 Å². The molecule has 3 aromatic rings. The van der Waals surface area contributed by atoms with Crippen LogP contribution in [0.25, 0.3) is 10.9 Å². The van der Waals surface area contributed by atoms with Gasteiger partial charge in [-0.25, -0.2) is 12.4 Å². The molecule has 1 aromatic heterocycles. The van der Waals surface area contributed by atoms with Crippen molar-refractivity contribution in [1.82, 2.24) is 8.87 Å². The SMILES string of the molecule is COc1ccc2c(ccn2S(=O)(=O)c2ccc(C(C)C)c(OCN(C)C)c2)c1. The number of fused-ring (bicyclic) bond motifs is 1. The summed E-state index contributed by atoms with van der Waals surface area (Å²) in [5.41, 5.74) is 1.58. The van der Waals surface area contributed by atoms with E-state index in [1.54, 1.807) is 43.6 Å². The van der Waals surface area contributed by atoms with E-state index < -0.39 is 10.0 Å². The summed E-state index contributed by atoms with van der Waals surface area (Å²) in [6, 6.07) is 12.2. The maximum absolute atomic E-state index is 13.3. The molecule has 6 nitrogen and oxygen atoms in total. The van der Waals surface area contributed by atoms with Crippen LogP contribution in [0.5, 0.6) is 11.5 Å². The van der Waals surface area contributed by atoms with Gasteiger partial charge in [-0.1, -0.05) is 19.9 Å². The van der Waals surface area contributed by atoms with Crippen LogP contribution in [-0.4, -0.2) is 45.2 Å². The molecule has 0 unspecified atom stereocenters. The van der Waals surface area contributed by atoms with Crippen molar-refractivity contribution in [3.63, 3.8) is 0 Å². The molecule has 0 bridgehead atoms. The van der Waals surface area contributed by atoms with Crippen LogP contribution < -0.4 is 9.47 Å². The Kier molecular flexibility index (Phi) is 5.67. The Morgan fingerprint density at radius 1 is 1.07 bits per heavy atom. The summed E-state index contributed by atoms with van der Waals surface area (Å²) in [5, 5.41) is 0.797. The van der Waals surface area contributed by atoms with E-state index in [0.717, 1.165) is 10.9 Å². The molecule has 3 rings (SSSR count). The van der Waals surface area contributed by atoms with Gasteiger partial charge in [0.05, 0.1) is 17.5 Å². The summed E-state index contributed by atoms with van der Waals surface area (Å²) in [7, 11) is 1.62. The maximum Gasteiger partial charge on any atom is 0.268 e. The highest BCUT2D eigenvalue weighted by molar-refractivity contribution is 7.90. The van der Waals surface area contributed by atoms with E-state index in [4.69, 9.17) is 9.47 Å². The monoisotopic (exact) mass is 402 g/mol. The van der Waals surface area contributed by atoms with Crippen molar-refractivity contribution >= 4 is 20.9 Å². The van der Waals surface area contributed by atoms with Crippen molar-refractivity contribution in [2.24, 2.45) is 0 Å². The standard InChI is InChI=1S/C21H26N2O4S/c1-15(2)19-8-7-18(13-21(19)27-14-22(3)4)28(24,25)23-11-10-16-12-17(26-5)6-9-20(16)23/h6-13,15H,14H2,1-5H3. The van der Waals surface area contributed by atoms with Gasteiger partial charge in [-0.05, 0) is 55.9 Å². The third-order valence-corrected chi connectivity index (χ3v) is 6.19. The van der Waals surface area contributed by atoms with E-state index in [2.05, 4.69) is 13.8 Å². The van der Waals surface area contributed by atoms with Gasteiger partial charge in [0.25, 0.3) is 10.0 Å². The number of methoxy groups -OCH3 is 1. The molecule has 0 amide bonds. The van der Waals surface area contributed by atoms with E-state index in [9.17, 15) is 8.42 Å². The number of hydrogen-bond donors (Lipinski definition) is 0. The van der Waals surface area contributed by atoms with Crippen molar-refractivity contribution in [2.75, 3.05) is 27.9 Å². The van der Waals surface area contributed by atoms with E-state index in [1.165, 1.54) is 3.97 Å². The molecule has 150 valence electrons. The predicted molar refractivity (Wildman–Crippen MR) is 111 cm³/mol. The molecule has 0 spiro atoms. The second-order valence-electron chi connectivity index (χ2n) is 7.25. The predicted octanol–water partition coefficient (Wildman–Crippen LogP) is 3.91. The zero-order chi connectivity index (χ0) is 20.5. The van der Waals surface area contributed by atoms with Crippen LogP contribution in [0, 0.1) is 0 Å². The molecular weight excluding hydrogens is 376 g/mol. The van der Waals surface area contributed by atoms with Crippen molar-refractivity contribution < 1.29 is 17.9 Å². The quantitative estimate of drug-likeness (QED) is 0.561. The molecule has 0 aliphatic heterocycles. The minimum Gasteiger partial charge on any atom is -0.497 e. The first-order valence-corrected chi connectivity index (χ1v) is 10.5. The van der Waals surface area contributed by atoms with E-state index in [-0.39, 0.29) is 10.8 Å². The summed E-state index contributed by atoms with van der Waals surface area (Å²) >= 11 is 0. The molecule has 0 fully saturated rings. The van der Waals surface area contributed by atoms with Crippen LogP contribution in [0.1, 0.15) is 25.3 Å². The Morgan fingerprint density at radius 2 is 1.82 bits per heavy atom. The average molecular weight is 403 g/mol. The van der Waals surface area contributed by atoms with Crippen LogP contribution in [-0.2, 0) is 10.0 Å². The van der Waals surface area contributed by atoms with Crippen molar-refractivity contribution in [1.29, 1.82) is 0 Å². The molecule has 0 atom stereocenters. The van der Waals surface area contributed by atoms with Crippen molar-refractivity contribution in [2.45, 2.75) is 24.7 Å². The third-order valence-electron chi connectivity index (χ3n) is 4.50. The number of hydrogen-bond acceptors (Lipinski definition) is 5. The fraction of sp³-hybridized carbons (Fsp3) is 0.333. The molecule has 0 aliphatic carbocycles. The Bertz CT molecular complexity index is 1080. The lowest BCUT2D eigenvalue weighted by Gasteiger charge is -2.18. The van der Waals surface area contributed by atoms with E-state index in [0.29, 0.717) is 23.7 Å². The molecule has 7 heteroatoms. The van der Waals surface area contributed by atoms with Crippen LogP contribution >= 0.6 is 0 Å².